The number of nitrogens with zero attached hydrogens (tertiary/aromatic N) is 3. The van der Waals surface area contributed by atoms with Gasteiger partial charge in [0, 0.05) is 17.8 Å². The first-order valence-electron chi connectivity index (χ1n) is 10.4. The lowest BCUT2D eigenvalue weighted by molar-refractivity contribution is -0.137. The first kappa shape index (κ1) is 21.8. The highest BCUT2D eigenvalue weighted by Crippen LogP contribution is 2.30. The minimum atomic E-state index is -3.39. The number of aromatic amines is 1. The van der Waals surface area contributed by atoms with Crippen LogP contribution in [0.1, 0.15) is 31.1 Å². The van der Waals surface area contributed by atoms with E-state index in [1.54, 1.807) is 29.2 Å². The summed E-state index contributed by atoms with van der Waals surface area (Å²) < 4.78 is 31.1. The molecule has 1 fully saturated rings. The minimum absolute atomic E-state index is 0.0410. The van der Waals surface area contributed by atoms with Crippen molar-refractivity contribution in [2.45, 2.75) is 25.3 Å². The van der Waals surface area contributed by atoms with Gasteiger partial charge in [-0.15, -0.1) is 0 Å². The summed E-state index contributed by atoms with van der Waals surface area (Å²) in [6, 6.07) is 15.9. The van der Waals surface area contributed by atoms with E-state index in [1.165, 1.54) is 0 Å². The summed E-state index contributed by atoms with van der Waals surface area (Å²) in [5.74, 6) is 1.60. The molecule has 1 unspecified atom stereocenters. The quantitative estimate of drug-likeness (QED) is 0.566. The number of rotatable bonds is 7. The van der Waals surface area contributed by atoms with Crippen molar-refractivity contribution in [3.63, 3.8) is 0 Å². The van der Waals surface area contributed by atoms with Gasteiger partial charge >= 0.3 is 0 Å². The van der Waals surface area contributed by atoms with Gasteiger partial charge in [0.2, 0.25) is 10.0 Å². The van der Waals surface area contributed by atoms with Crippen LogP contribution in [0, 0.1) is 0 Å². The van der Waals surface area contributed by atoms with Crippen LogP contribution in [0.3, 0.4) is 0 Å². The zero-order valence-electron chi connectivity index (χ0n) is 17.7. The fourth-order valence-electron chi connectivity index (χ4n) is 3.75. The van der Waals surface area contributed by atoms with Crippen molar-refractivity contribution in [1.29, 1.82) is 0 Å². The van der Waals surface area contributed by atoms with Crippen LogP contribution >= 0.6 is 0 Å². The Kier molecular flexibility index (Phi) is 6.40. The van der Waals surface area contributed by atoms with Crippen LogP contribution in [-0.2, 0) is 14.8 Å². The molecule has 9 nitrogen and oxygen atoms in total. The lowest BCUT2D eigenvalue weighted by atomic mass is 10.0. The number of H-pyrrole nitrogens is 1. The third-order valence-corrected chi connectivity index (χ3v) is 5.78. The van der Waals surface area contributed by atoms with Crippen LogP contribution in [0.5, 0.6) is 5.75 Å². The predicted octanol–water partition coefficient (Wildman–Crippen LogP) is 2.98. The largest absolute Gasteiger partial charge is 0.484 e. The highest BCUT2D eigenvalue weighted by molar-refractivity contribution is 7.92. The number of ether oxygens (including phenoxy) is 1. The van der Waals surface area contributed by atoms with Crippen molar-refractivity contribution in [1.82, 2.24) is 20.1 Å². The molecular formula is C22H25N5O4S. The SMILES string of the molecule is CS(=O)(=O)Nc1cccc(-c2n[nH]c(C3CCCCN3C(=O)COc3ccccc3)n2)c1. The van der Waals surface area contributed by atoms with Gasteiger partial charge in [-0.3, -0.25) is 14.6 Å². The summed E-state index contributed by atoms with van der Waals surface area (Å²) in [7, 11) is -3.39. The molecule has 0 spiro atoms. The molecule has 2 heterocycles. The van der Waals surface area contributed by atoms with E-state index in [9.17, 15) is 13.2 Å². The van der Waals surface area contributed by atoms with Crippen LogP contribution in [0.15, 0.2) is 54.6 Å². The zero-order chi connectivity index (χ0) is 22.6. The number of carbonyl (C=O) groups excluding carboxylic acids is 1. The van der Waals surface area contributed by atoms with Crippen molar-refractivity contribution in [3.05, 3.63) is 60.4 Å². The topological polar surface area (TPSA) is 117 Å². The Bertz CT molecular complexity index is 1180. The number of sulfonamides is 1. The molecular weight excluding hydrogens is 430 g/mol. The summed E-state index contributed by atoms with van der Waals surface area (Å²) in [6.45, 7) is 0.589. The average molecular weight is 456 g/mol. The van der Waals surface area contributed by atoms with E-state index in [1.807, 2.05) is 30.3 Å². The van der Waals surface area contributed by atoms with Gasteiger partial charge in [0.05, 0.1) is 12.3 Å². The lowest BCUT2D eigenvalue weighted by Gasteiger charge is -2.34. The number of para-hydroxylation sites is 1. The first-order valence-corrected chi connectivity index (χ1v) is 12.3. The molecule has 1 aromatic heterocycles. The van der Waals surface area contributed by atoms with Crippen molar-refractivity contribution in [2.24, 2.45) is 0 Å². The number of carbonyl (C=O) groups is 1. The molecule has 2 aromatic carbocycles. The molecule has 0 bridgehead atoms. The number of anilines is 1. The maximum absolute atomic E-state index is 12.9. The molecule has 1 aliphatic heterocycles. The molecule has 3 aromatic rings. The van der Waals surface area contributed by atoms with Gasteiger partial charge in [0.15, 0.2) is 12.4 Å². The van der Waals surface area contributed by atoms with E-state index in [0.717, 1.165) is 25.5 Å². The van der Waals surface area contributed by atoms with Crippen molar-refractivity contribution in [2.75, 3.05) is 24.1 Å². The summed E-state index contributed by atoms with van der Waals surface area (Å²) in [4.78, 5) is 19.3. The number of nitrogens with one attached hydrogen (secondary N) is 2. The summed E-state index contributed by atoms with van der Waals surface area (Å²) in [5.41, 5.74) is 1.10. The van der Waals surface area contributed by atoms with Crippen molar-refractivity contribution >= 4 is 21.6 Å². The third-order valence-electron chi connectivity index (χ3n) is 5.17. The van der Waals surface area contributed by atoms with Gasteiger partial charge in [-0.25, -0.2) is 13.4 Å². The molecule has 32 heavy (non-hydrogen) atoms. The molecule has 1 saturated heterocycles. The zero-order valence-corrected chi connectivity index (χ0v) is 18.5. The minimum Gasteiger partial charge on any atom is -0.484 e. The van der Waals surface area contributed by atoms with Crippen molar-refractivity contribution < 1.29 is 17.9 Å². The van der Waals surface area contributed by atoms with Gasteiger partial charge in [-0.2, -0.15) is 5.10 Å². The number of benzene rings is 2. The molecule has 0 saturated carbocycles. The van der Waals surface area contributed by atoms with Crippen LogP contribution in [-0.4, -0.2) is 53.8 Å². The smallest absolute Gasteiger partial charge is 0.261 e. The van der Waals surface area contributed by atoms with Crippen LogP contribution < -0.4 is 9.46 Å². The Morgan fingerprint density at radius 1 is 1.19 bits per heavy atom. The Morgan fingerprint density at radius 3 is 2.78 bits per heavy atom. The van der Waals surface area contributed by atoms with E-state index in [0.29, 0.717) is 35.2 Å². The number of hydrogen-bond donors (Lipinski definition) is 2. The van der Waals surface area contributed by atoms with E-state index >= 15 is 0 Å². The summed E-state index contributed by atoms with van der Waals surface area (Å²) >= 11 is 0. The monoisotopic (exact) mass is 455 g/mol. The molecule has 2 N–H and O–H groups in total. The van der Waals surface area contributed by atoms with E-state index in [2.05, 4.69) is 19.9 Å². The van der Waals surface area contributed by atoms with Crippen molar-refractivity contribution in [3.8, 4) is 17.1 Å². The highest BCUT2D eigenvalue weighted by atomic mass is 32.2. The molecule has 10 heteroatoms. The van der Waals surface area contributed by atoms with Gasteiger partial charge < -0.3 is 9.64 Å². The maximum atomic E-state index is 12.9. The molecule has 1 aliphatic rings. The molecule has 1 amide bonds. The molecule has 4 rings (SSSR count). The van der Waals surface area contributed by atoms with Gasteiger partial charge in [0.1, 0.15) is 11.6 Å². The Hall–Kier alpha value is -3.40. The predicted molar refractivity (Wildman–Crippen MR) is 121 cm³/mol. The second kappa shape index (κ2) is 9.39. The second-order valence-corrected chi connectivity index (χ2v) is 9.45. The lowest BCUT2D eigenvalue weighted by Crippen LogP contribution is -2.41. The Morgan fingerprint density at radius 2 is 2.00 bits per heavy atom. The van der Waals surface area contributed by atoms with Gasteiger partial charge in [-0.1, -0.05) is 30.3 Å². The number of aromatic nitrogens is 3. The highest BCUT2D eigenvalue weighted by Gasteiger charge is 2.30. The summed E-state index contributed by atoms with van der Waals surface area (Å²) in [6.07, 6.45) is 3.79. The maximum Gasteiger partial charge on any atom is 0.261 e. The van der Waals surface area contributed by atoms with Gasteiger partial charge in [0.25, 0.3) is 5.91 Å². The molecule has 0 radical (unpaired) electrons. The molecule has 168 valence electrons. The van der Waals surface area contributed by atoms with Gasteiger partial charge in [-0.05, 0) is 43.5 Å². The Labute approximate surface area is 186 Å². The fourth-order valence-corrected chi connectivity index (χ4v) is 4.30. The molecule has 0 aliphatic carbocycles. The number of piperidine rings is 1. The number of amides is 1. The standard InChI is InChI=1S/C22H25N5O4S/c1-32(29,30)26-17-9-7-8-16(14-17)21-23-22(25-24-21)19-12-5-6-13-27(19)20(28)15-31-18-10-3-2-4-11-18/h2-4,7-11,14,19,26H,5-6,12-13,15H2,1H3,(H,23,24,25). The fraction of sp³-hybridized carbons (Fsp3) is 0.318. The van der Waals surface area contributed by atoms with Crippen LogP contribution in [0.4, 0.5) is 5.69 Å². The Balaban J connectivity index is 1.49. The van der Waals surface area contributed by atoms with E-state index < -0.39 is 10.0 Å². The first-order chi connectivity index (χ1) is 15.4. The van der Waals surface area contributed by atoms with E-state index in [4.69, 9.17) is 4.74 Å². The summed E-state index contributed by atoms with van der Waals surface area (Å²) in [5, 5.41) is 7.27. The normalized spacial score (nSPS) is 16.5. The van der Waals surface area contributed by atoms with Crippen LogP contribution in [0.25, 0.3) is 11.4 Å². The average Bonchev–Trinajstić information content (AvgIpc) is 3.27. The van der Waals surface area contributed by atoms with E-state index in [-0.39, 0.29) is 18.6 Å². The molecule has 1 atom stereocenters. The van der Waals surface area contributed by atoms with Crippen LogP contribution in [0.2, 0.25) is 0 Å². The number of hydrogen-bond acceptors (Lipinski definition) is 6. The third kappa shape index (κ3) is 5.44. The number of likely N-dealkylation sites (tertiary alicyclic amines) is 1. The second-order valence-electron chi connectivity index (χ2n) is 7.70.